The molecule has 4 heterocycles. The highest BCUT2D eigenvalue weighted by Gasteiger charge is 2.48. The number of carbonyl (C=O) groups is 1. The summed E-state index contributed by atoms with van der Waals surface area (Å²) in [6.45, 7) is 1.57. The largest absolute Gasteiger partial charge is 0.586 e. The van der Waals surface area contributed by atoms with Crippen molar-refractivity contribution in [2.45, 2.75) is 37.5 Å². The first-order chi connectivity index (χ1) is 15.1. The standard InChI is InChI=1S/C18H16F4N6O3S/c1-8(28-3-2-17(19,20)9(6-28)14-23-7-24-27-14)15(29)26-16-25-10-4-11-12(5-13(10)32-16)31-18(21,22)30-11/h4-5,7-9H,2-3,6H2,1H3,(H,23,24,27)(H,25,26,29)/t8-,9-/m0/s1. The van der Waals surface area contributed by atoms with Crippen molar-refractivity contribution in [3.05, 3.63) is 24.3 Å². The highest BCUT2D eigenvalue weighted by molar-refractivity contribution is 7.22. The Kier molecular flexibility index (Phi) is 4.74. The number of H-pyrrole nitrogens is 1. The normalized spacial score (nSPS) is 22.7. The molecule has 3 aromatic rings. The molecular formula is C18H16F4N6O3S. The monoisotopic (exact) mass is 472 g/mol. The lowest BCUT2D eigenvalue weighted by molar-refractivity contribution is -0.286. The number of likely N-dealkylation sites (tertiary alicyclic amines) is 1. The lowest BCUT2D eigenvalue weighted by Crippen LogP contribution is -2.52. The number of hydrogen-bond acceptors (Lipinski definition) is 8. The van der Waals surface area contributed by atoms with Gasteiger partial charge in [-0.25, -0.2) is 18.7 Å². The molecule has 2 atom stereocenters. The van der Waals surface area contributed by atoms with Gasteiger partial charge in [0.25, 0.3) is 5.92 Å². The summed E-state index contributed by atoms with van der Waals surface area (Å²) >= 11 is 1.07. The highest BCUT2D eigenvalue weighted by atomic mass is 32.1. The molecular weight excluding hydrogens is 456 g/mol. The molecule has 1 saturated heterocycles. The maximum Gasteiger partial charge on any atom is 0.586 e. The summed E-state index contributed by atoms with van der Waals surface area (Å²) in [6.07, 6.45) is -2.98. The molecule has 2 aromatic heterocycles. The van der Waals surface area contributed by atoms with E-state index in [0.717, 1.165) is 11.3 Å². The van der Waals surface area contributed by atoms with Crippen molar-refractivity contribution in [2.75, 3.05) is 18.4 Å². The number of nitrogens with zero attached hydrogens (tertiary/aromatic N) is 4. The maximum absolute atomic E-state index is 14.4. The van der Waals surface area contributed by atoms with Gasteiger partial charge < -0.3 is 14.8 Å². The topological polar surface area (TPSA) is 105 Å². The summed E-state index contributed by atoms with van der Waals surface area (Å²) in [5.74, 6) is -4.81. The second kappa shape index (κ2) is 7.27. The fraction of sp³-hybridized carbons (Fsp3) is 0.444. The fourth-order valence-electron chi connectivity index (χ4n) is 3.75. The van der Waals surface area contributed by atoms with Crippen LogP contribution in [0.2, 0.25) is 0 Å². The number of ether oxygens (including phenoxy) is 2. The van der Waals surface area contributed by atoms with Crippen LogP contribution in [0.15, 0.2) is 18.5 Å². The number of aromatic amines is 1. The Bertz CT molecular complexity index is 1130. The maximum atomic E-state index is 14.4. The number of amides is 1. The van der Waals surface area contributed by atoms with Gasteiger partial charge in [0.15, 0.2) is 16.6 Å². The molecule has 14 heteroatoms. The van der Waals surface area contributed by atoms with E-state index in [2.05, 4.69) is 35.0 Å². The van der Waals surface area contributed by atoms with Gasteiger partial charge in [-0.2, -0.15) is 5.10 Å². The first-order valence-electron chi connectivity index (χ1n) is 9.60. The molecule has 2 aliphatic rings. The summed E-state index contributed by atoms with van der Waals surface area (Å²) in [6, 6.07) is 1.94. The molecule has 9 nitrogen and oxygen atoms in total. The van der Waals surface area contributed by atoms with E-state index in [1.165, 1.54) is 18.5 Å². The van der Waals surface area contributed by atoms with Gasteiger partial charge in [-0.3, -0.25) is 14.8 Å². The molecule has 1 fully saturated rings. The van der Waals surface area contributed by atoms with Gasteiger partial charge in [0.05, 0.1) is 22.2 Å². The molecule has 5 rings (SSSR count). The van der Waals surface area contributed by atoms with Gasteiger partial charge in [-0.05, 0) is 6.92 Å². The number of nitrogens with one attached hydrogen (secondary N) is 2. The van der Waals surface area contributed by atoms with Crippen molar-refractivity contribution < 1.29 is 31.8 Å². The molecule has 2 aliphatic heterocycles. The van der Waals surface area contributed by atoms with Crippen molar-refractivity contribution in [3.63, 3.8) is 0 Å². The van der Waals surface area contributed by atoms with Crippen LogP contribution in [0, 0.1) is 0 Å². The number of aromatic nitrogens is 4. The number of thiazole rings is 1. The van der Waals surface area contributed by atoms with Gasteiger partial charge in [-0.15, -0.1) is 8.78 Å². The number of rotatable bonds is 4. The van der Waals surface area contributed by atoms with Crippen molar-refractivity contribution in [3.8, 4) is 11.5 Å². The van der Waals surface area contributed by atoms with Crippen molar-refractivity contribution in [2.24, 2.45) is 0 Å². The first-order valence-corrected chi connectivity index (χ1v) is 10.4. The van der Waals surface area contributed by atoms with Crippen LogP contribution in [0.5, 0.6) is 11.5 Å². The Morgan fingerprint density at radius 3 is 2.78 bits per heavy atom. The number of alkyl halides is 4. The van der Waals surface area contributed by atoms with Crippen LogP contribution in [0.4, 0.5) is 22.7 Å². The van der Waals surface area contributed by atoms with E-state index in [1.54, 1.807) is 11.8 Å². The molecule has 170 valence electrons. The van der Waals surface area contributed by atoms with Gasteiger partial charge in [0.2, 0.25) is 5.91 Å². The smallest absolute Gasteiger partial charge is 0.395 e. The van der Waals surface area contributed by atoms with E-state index in [1.807, 2.05) is 0 Å². The van der Waals surface area contributed by atoms with Crippen LogP contribution in [-0.4, -0.2) is 62.3 Å². The van der Waals surface area contributed by atoms with Gasteiger partial charge in [0.1, 0.15) is 12.2 Å². The molecule has 2 N–H and O–H groups in total. The van der Waals surface area contributed by atoms with Crippen molar-refractivity contribution >= 4 is 32.6 Å². The number of benzene rings is 1. The number of halogens is 4. The highest BCUT2D eigenvalue weighted by Crippen LogP contribution is 2.45. The number of carbonyl (C=O) groups excluding carboxylic acids is 1. The van der Waals surface area contributed by atoms with E-state index < -0.39 is 36.5 Å². The minimum absolute atomic E-state index is 0.0294. The predicted octanol–water partition coefficient (Wildman–Crippen LogP) is 3.19. The summed E-state index contributed by atoms with van der Waals surface area (Å²) in [4.78, 5) is 22.5. The number of fused-ring (bicyclic) bond motifs is 2. The molecule has 0 unspecified atom stereocenters. The third kappa shape index (κ3) is 3.72. The Balaban J connectivity index is 1.29. The van der Waals surface area contributed by atoms with E-state index >= 15 is 0 Å². The van der Waals surface area contributed by atoms with E-state index in [9.17, 15) is 22.4 Å². The molecule has 0 aliphatic carbocycles. The molecule has 1 amide bonds. The van der Waals surface area contributed by atoms with Crippen LogP contribution in [0.1, 0.15) is 25.1 Å². The summed E-state index contributed by atoms with van der Waals surface area (Å²) in [7, 11) is 0. The molecule has 32 heavy (non-hydrogen) atoms. The first kappa shape index (κ1) is 20.9. The third-order valence-corrected chi connectivity index (χ3v) is 6.43. The molecule has 0 saturated carbocycles. The zero-order chi connectivity index (χ0) is 22.7. The zero-order valence-corrected chi connectivity index (χ0v) is 17.3. The van der Waals surface area contributed by atoms with Gasteiger partial charge in [-0.1, -0.05) is 11.3 Å². The van der Waals surface area contributed by atoms with E-state index in [0.29, 0.717) is 10.2 Å². The minimum Gasteiger partial charge on any atom is -0.395 e. The number of piperidine rings is 1. The fourth-order valence-corrected chi connectivity index (χ4v) is 4.63. The van der Waals surface area contributed by atoms with Crippen LogP contribution in [0.3, 0.4) is 0 Å². The Hall–Kier alpha value is -3.00. The van der Waals surface area contributed by atoms with Crippen LogP contribution < -0.4 is 14.8 Å². The summed E-state index contributed by atoms with van der Waals surface area (Å²) in [5.41, 5.74) is 0.348. The quantitative estimate of drug-likeness (QED) is 0.562. The molecule has 0 spiro atoms. The minimum atomic E-state index is -3.73. The second-order valence-corrected chi connectivity index (χ2v) is 8.58. The van der Waals surface area contributed by atoms with Crippen LogP contribution >= 0.6 is 11.3 Å². The van der Waals surface area contributed by atoms with Gasteiger partial charge >= 0.3 is 6.29 Å². The molecule has 0 bridgehead atoms. The van der Waals surface area contributed by atoms with Crippen molar-refractivity contribution in [1.82, 2.24) is 25.1 Å². The zero-order valence-electron chi connectivity index (χ0n) is 16.4. The SMILES string of the molecule is C[C@@H](C(=O)Nc1nc2cc3c(cc2s1)OC(F)(F)O3)N1CCC(F)(F)[C@H](c2ncn[nH]2)C1. The van der Waals surface area contributed by atoms with Gasteiger partial charge in [0, 0.05) is 31.6 Å². The van der Waals surface area contributed by atoms with Crippen molar-refractivity contribution in [1.29, 1.82) is 0 Å². The predicted molar refractivity (Wildman–Crippen MR) is 104 cm³/mol. The van der Waals surface area contributed by atoms with Crippen LogP contribution in [0.25, 0.3) is 10.2 Å². The van der Waals surface area contributed by atoms with E-state index in [4.69, 9.17) is 0 Å². The summed E-state index contributed by atoms with van der Waals surface area (Å²) in [5, 5.41) is 9.03. The summed E-state index contributed by atoms with van der Waals surface area (Å²) < 4.78 is 64.5. The average Bonchev–Trinajstić information content (AvgIpc) is 3.42. The Morgan fingerprint density at radius 2 is 2.06 bits per heavy atom. The molecule has 1 aromatic carbocycles. The van der Waals surface area contributed by atoms with E-state index in [-0.39, 0.29) is 35.5 Å². The number of anilines is 1. The Labute approximate surface area is 181 Å². The Morgan fingerprint density at radius 1 is 1.31 bits per heavy atom. The lowest BCUT2D eigenvalue weighted by Gasteiger charge is -2.39. The molecule has 0 radical (unpaired) electrons. The number of hydrogen-bond donors (Lipinski definition) is 2. The second-order valence-electron chi connectivity index (χ2n) is 7.55. The average molecular weight is 472 g/mol. The third-order valence-electron chi connectivity index (χ3n) is 5.49. The van der Waals surface area contributed by atoms with Crippen LogP contribution in [-0.2, 0) is 4.79 Å². The lowest BCUT2D eigenvalue weighted by atomic mass is 9.92.